The zero-order chi connectivity index (χ0) is 8.20. The summed E-state index contributed by atoms with van der Waals surface area (Å²) in [5, 5.41) is 0. The summed E-state index contributed by atoms with van der Waals surface area (Å²) >= 11 is 10.5. The summed E-state index contributed by atoms with van der Waals surface area (Å²) in [4.78, 5) is 15.6. The van der Waals surface area contributed by atoms with E-state index in [0.717, 1.165) is 0 Å². The number of rotatable bonds is 4. The van der Waals surface area contributed by atoms with Crippen LogP contribution in [0.4, 0.5) is 0 Å². The van der Waals surface area contributed by atoms with Crippen LogP contribution < -0.4 is 0 Å². The fraction of sp³-hybridized carbons (Fsp3) is 1.00. The molecule has 0 bridgehead atoms. The van der Waals surface area contributed by atoms with E-state index in [1.807, 2.05) is 0 Å². The van der Waals surface area contributed by atoms with Crippen molar-refractivity contribution in [3.05, 3.63) is 0 Å². The van der Waals surface area contributed by atoms with Gasteiger partial charge in [0, 0.05) is 6.42 Å². The largest absolute Gasteiger partial charge is 0.469 e. The fourth-order valence-electron chi connectivity index (χ4n) is 0.261. The maximum absolute atomic E-state index is 10.00. The summed E-state index contributed by atoms with van der Waals surface area (Å²) < 4.78 is 14.0. The molecule has 0 aliphatic carbocycles. The first-order valence-corrected chi connectivity index (χ1v) is 4.80. The molecule has 0 unspecified atom stereocenters. The van der Waals surface area contributed by atoms with Gasteiger partial charge >= 0.3 is 7.82 Å². The zero-order valence-corrected chi connectivity index (χ0v) is 7.31. The molecule has 0 aromatic carbocycles. The van der Waals surface area contributed by atoms with Gasteiger partial charge in [-0.2, -0.15) is 0 Å². The molecular weight excluding hydrogens is 202 g/mol. The highest BCUT2D eigenvalue weighted by atomic mass is 35.5. The lowest BCUT2D eigenvalue weighted by Crippen LogP contribution is -1.96. The van der Waals surface area contributed by atoms with E-state index >= 15 is 0 Å². The monoisotopic (exact) mass is 208 g/mol. The van der Waals surface area contributed by atoms with Crippen LogP contribution in [-0.4, -0.2) is 21.2 Å². The minimum absolute atomic E-state index is 0.137. The van der Waals surface area contributed by atoms with E-state index < -0.39 is 12.7 Å². The SMILES string of the molecule is O=P(O)(O)OCCC(Cl)Cl. The molecule has 0 aliphatic rings. The van der Waals surface area contributed by atoms with Gasteiger partial charge in [0.2, 0.25) is 0 Å². The Labute approximate surface area is 68.3 Å². The Morgan fingerprint density at radius 1 is 1.50 bits per heavy atom. The Bertz CT molecular complexity index is 132. The molecular formula is C3H7Cl2O4P. The summed E-state index contributed by atoms with van der Waals surface area (Å²) in [5.41, 5.74) is 0. The molecule has 7 heteroatoms. The van der Waals surface area contributed by atoms with Gasteiger partial charge in [-0.15, -0.1) is 23.2 Å². The summed E-state index contributed by atoms with van der Waals surface area (Å²) in [7, 11) is -4.34. The Balaban J connectivity index is 3.30. The smallest absolute Gasteiger partial charge is 0.303 e. The van der Waals surface area contributed by atoms with Crippen molar-refractivity contribution in [2.24, 2.45) is 0 Å². The number of hydrogen-bond donors (Lipinski definition) is 2. The Morgan fingerprint density at radius 3 is 2.30 bits per heavy atom. The lowest BCUT2D eigenvalue weighted by molar-refractivity contribution is 0.197. The van der Waals surface area contributed by atoms with Crippen LogP contribution in [0, 0.1) is 0 Å². The minimum atomic E-state index is -4.34. The van der Waals surface area contributed by atoms with Crippen molar-refractivity contribution in [2.45, 2.75) is 11.3 Å². The first kappa shape index (κ1) is 10.7. The highest BCUT2D eigenvalue weighted by molar-refractivity contribution is 7.46. The molecule has 0 amide bonds. The second-order valence-corrected chi connectivity index (χ2v) is 4.02. The van der Waals surface area contributed by atoms with Gasteiger partial charge in [0.15, 0.2) is 0 Å². The van der Waals surface area contributed by atoms with Gasteiger partial charge in [-0.25, -0.2) is 4.57 Å². The molecule has 2 N–H and O–H groups in total. The van der Waals surface area contributed by atoms with Crippen molar-refractivity contribution in [2.75, 3.05) is 6.61 Å². The molecule has 0 aromatic rings. The molecule has 0 rings (SSSR count). The van der Waals surface area contributed by atoms with Crippen molar-refractivity contribution < 1.29 is 18.9 Å². The molecule has 0 aromatic heterocycles. The quantitative estimate of drug-likeness (QED) is 0.540. The molecule has 4 nitrogen and oxygen atoms in total. The van der Waals surface area contributed by atoms with E-state index in [4.69, 9.17) is 33.0 Å². The van der Waals surface area contributed by atoms with Crippen LogP contribution in [0.3, 0.4) is 0 Å². The average Bonchev–Trinajstić information content (AvgIpc) is 1.59. The molecule has 62 valence electrons. The van der Waals surface area contributed by atoms with Crippen LogP contribution in [0.25, 0.3) is 0 Å². The molecule has 0 saturated carbocycles. The zero-order valence-electron chi connectivity index (χ0n) is 4.91. The Kier molecular flexibility index (Phi) is 4.86. The third-order valence-corrected chi connectivity index (χ3v) is 1.55. The van der Waals surface area contributed by atoms with E-state index in [9.17, 15) is 4.57 Å². The Morgan fingerprint density at radius 2 is 2.00 bits per heavy atom. The van der Waals surface area contributed by atoms with E-state index in [1.54, 1.807) is 0 Å². The van der Waals surface area contributed by atoms with Gasteiger partial charge in [0.25, 0.3) is 0 Å². The van der Waals surface area contributed by atoms with E-state index in [0.29, 0.717) is 0 Å². The molecule has 0 spiro atoms. The van der Waals surface area contributed by atoms with Crippen LogP contribution in [0.15, 0.2) is 0 Å². The normalized spacial score (nSPS) is 12.5. The molecule has 0 fully saturated rings. The number of alkyl halides is 2. The van der Waals surface area contributed by atoms with Gasteiger partial charge in [-0.05, 0) is 0 Å². The van der Waals surface area contributed by atoms with Gasteiger partial charge in [-0.3, -0.25) is 4.52 Å². The molecule has 0 aliphatic heterocycles. The van der Waals surface area contributed by atoms with Crippen molar-refractivity contribution in [1.82, 2.24) is 0 Å². The van der Waals surface area contributed by atoms with E-state index in [2.05, 4.69) is 4.52 Å². The summed E-state index contributed by atoms with van der Waals surface area (Å²) in [5.74, 6) is 0. The van der Waals surface area contributed by atoms with Gasteiger partial charge in [0.05, 0.1) is 6.61 Å². The van der Waals surface area contributed by atoms with Crippen LogP contribution >= 0.6 is 31.0 Å². The summed E-state index contributed by atoms with van der Waals surface area (Å²) in [6.07, 6.45) is 0.203. The molecule has 0 radical (unpaired) electrons. The average molecular weight is 209 g/mol. The standard InChI is InChI=1S/C3H7Cl2O4P/c4-3(5)1-2-9-10(6,7)8/h3H,1-2H2,(H2,6,7,8). The topological polar surface area (TPSA) is 66.8 Å². The fourth-order valence-corrected chi connectivity index (χ4v) is 0.782. The number of halogens is 2. The maximum Gasteiger partial charge on any atom is 0.469 e. The van der Waals surface area contributed by atoms with Crippen LogP contribution in [-0.2, 0) is 9.09 Å². The first-order chi connectivity index (χ1) is 4.42. The molecule has 0 saturated heterocycles. The van der Waals surface area contributed by atoms with Crippen LogP contribution in [0.5, 0.6) is 0 Å². The van der Waals surface area contributed by atoms with Crippen LogP contribution in [0.2, 0.25) is 0 Å². The van der Waals surface area contributed by atoms with Crippen molar-refractivity contribution in [1.29, 1.82) is 0 Å². The number of phosphoric ester groups is 1. The predicted octanol–water partition coefficient (Wildman–Crippen LogP) is 1.29. The van der Waals surface area contributed by atoms with Gasteiger partial charge < -0.3 is 9.79 Å². The third-order valence-electron chi connectivity index (χ3n) is 0.596. The van der Waals surface area contributed by atoms with Crippen molar-refractivity contribution in [3.8, 4) is 0 Å². The number of phosphoric acid groups is 1. The highest BCUT2D eigenvalue weighted by Crippen LogP contribution is 2.35. The number of hydrogen-bond acceptors (Lipinski definition) is 2. The summed E-state index contributed by atoms with van der Waals surface area (Å²) in [6, 6.07) is 0. The van der Waals surface area contributed by atoms with Gasteiger partial charge in [0.1, 0.15) is 4.84 Å². The third kappa shape index (κ3) is 8.69. The second-order valence-electron chi connectivity index (χ2n) is 1.50. The van der Waals surface area contributed by atoms with Crippen LogP contribution in [0.1, 0.15) is 6.42 Å². The van der Waals surface area contributed by atoms with Crippen molar-refractivity contribution in [3.63, 3.8) is 0 Å². The predicted molar refractivity (Wildman–Crippen MR) is 38.1 cm³/mol. The molecule has 10 heavy (non-hydrogen) atoms. The lowest BCUT2D eigenvalue weighted by Gasteiger charge is -2.04. The second kappa shape index (κ2) is 4.54. The van der Waals surface area contributed by atoms with Gasteiger partial charge in [-0.1, -0.05) is 0 Å². The Hall–Kier alpha value is 0.690. The minimum Gasteiger partial charge on any atom is -0.303 e. The van der Waals surface area contributed by atoms with E-state index in [1.165, 1.54) is 0 Å². The highest BCUT2D eigenvalue weighted by Gasteiger charge is 2.13. The first-order valence-electron chi connectivity index (χ1n) is 2.40. The van der Waals surface area contributed by atoms with Crippen molar-refractivity contribution >= 4 is 31.0 Å². The molecule has 0 heterocycles. The summed E-state index contributed by atoms with van der Waals surface area (Å²) in [6.45, 7) is -0.137. The van der Waals surface area contributed by atoms with E-state index in [-0.39, 0.29) is 13.0 Å². The molecule has 0 atom stereocenters. The lowest BCUT2D eigenvalue weighted by atomic mass is 10.5. The maximum atomic E-state index is 10.00.